The summed E-state index contributed by atoms with van der Waals surface area (Å²) < 4.78 is 13.3. The molecule has 0 bridgehead atoms. The molecule has 0 aliphatic carbocycles. The zero-order valence-electron chi connectivity index (χ0n) is 18.0. The standard InChI is InChI=1S/C23H26Cl2N4O2/c1-14-12-23(13-31-14)4-7-28(8-5-23)22-27-15(2)19(21-26-6-9-29(21)22)17-10-16(30-3)11-18(24)20(17)25/h6,9-11,14H,4-5,7-8,12-13H2,1-3H3/t14-/m0/s1. The normalized spacial score (nSPS) is 20.7. The Balaban J connectivity index is 1.54. The van der Waals surface area contributed by atoms with E-state index in [0.717, 1.165) is 67.4 Å². The van der Waals surface area contributed by atoms with Gasteiger partial charge in [-0.25, -0.2) is 9.97 Å². The molecule has 3 aromatic rings. The van der Waals surface area contributed by atoms with E-state index in [2.05, 4.69) is 21.2 Å². The van der Waals surface area contributed by atoms with Crippen molar-refractivity contribution in [3.05, 3.63) is 40.3 Å². The molecule has 2 saturated heterocycles. The summed E-state index contributed by atoms with van der Waals surface area (Å²) in [5, 5.41) is 0.916. The van der Waals surface area contributed by atoms with Crippen LogP contribution in [0.25, 0.3) is 16.8 Å². The number of halogens is 2. The van der Waals surface area contributed by atoms with E-state index in [0.29, 0.717) is 27.3 Å². The van der Waals surface area contributed by atoms with Gasteiger partial charge in [0.2, 0.25) is 5.95 Å². The molecular weight excluding hydrogens is 435 g/mol. The van der Waals surface area contributed by atoms with Crippen molar-refractivity contribution >= 4 is 34.8 Å². The average molecular weight is 461 g/mol. The second kappa shape index (κ2) is 7.84. The number of aromatic nitrogens is 3. The van der Waals surface area contributed by atoms with Crippen LogP contribution in [0.5, 0.6) is 5.75 Å². The van der Waals surface area contributed by atoms with Gasteiger partial charge in [0.1, 0.15) is 11.4 Å². The molecule has 4 heterocycles. The van der Waals surface area contributed by atoms with Crippen LogP contribution in [-0.2, 0) is 4.74 Å². The van der Waals surface area contributed by atoms with Crippen molar-refractivity contribution in [2.24, 2.45) is 5.41 Å². The lowest BCUT2D eigenvalue weighted by atomic mass is 9.77. The van der Waals surface area contributed by atoms with Crippen molar-refractivity contribution in [3.63, 3.8) is 0 Å². The Labute approximate surface area is 192 Å². The highest BCUT2D eigenvalue weighted by molar-refractivity contribution is 6.44. The zero-order valence-corrected chi connectivity index (χ0v) is 19.5. The molecule has 0 amide bonds. The molecule has 31 heavy (non-hydrogen) atoms. The summed E-state index contributed by atoms with van der Waals surface area (Å²) >= 11 is 13.0. The zero-order chi connectivity index (χ0) is 21.8. The Hall–Kier alpha value is -2.02. The molecule has 0 unspecified atom stereocenters. The number of ether oxygens (including phenoxy) is 2. The first-order valence-corrected chi connectivity index (χ1v) is 11.4. The summed E-state index contributed by atoms with van der Waals surface area (Å²) in [6.45, 7) is 6.97. The summed E-state index contributed by atoms with van der Waals surface area (Å²) in [4.78, 5) is 12.0. The number of rotatable bonds is 3. The molecule has 0 saturated carbocycles. The highest BCUT2D eigenvalue weighted by Crippen LogP contribution is 2.44. The average Bonchev–Trinajstić information content (AvgIpc) is 3.38. The molecule has 6 nitrogen and oxygen atoms in total. The third kappa shape index (κ3) is 3.55. The Morgan fingerprint density at radius 1 is 1.23 bits per heavy atom. The van der Waals surface area contributed by atoms with E-state index in [1.165, 1.54) is 0 Å². The summed E-state index contributed by atoms with van der Waals surface area (Å²) in [6, 6.07) is 3.60. The Morgan fingerprint density at radius 2 is 2.00 bits per heavy atom. The monoisotopic (exact) mass is 460 g/mol. The van der Waals surface area contributed by atoms with Crippen molar-refractivity contribution < 1.29 is 9.47 Å². The van der Waals surface area contributed by atoms with Crippen LogP contribution in [0.3, 0.4) is 0 Å². The van der Waals surface area contributed by atoms with Gasteiger partial charge in [0.25, 0.3) is 0 Å². The van der Waals surface area contributed by atoms with Gasteiger partial charge < -0.3 is 14.4 Å². The largest absolute Gasteiger partial charge is 0.497 e. The molecule has 2 fully saturated rings. The van der Waals surface area contributed by atoms with Crippen LogP contribution in [-0.4, -0.2) is 47.3 Å². The van der Waals surface area contributed by atoms with Crippen LogP contribution in [0.2, 0.25) is 10.0 Å². The van der Waals surface area contributed by atoms with Crippen LogP contribution in [0.4, 0.5) is 5.95 Å². The molecule has 0 radical (unpaired) electrons. The van der Waals surface area contributed by atoms with Gasteiger partial charge in [0.05, 0.1) is 35.6 Å². The quantitative estimate of drug-likeness (QED) is 0.522. The van der Waals surface area contributed by atoms with Crippen molar-refractivity contribution in [3.8, 4) is 16.9 Å². The van der Waals surface area contributed by atoms with E-state index in [4.69, 9.17) is 37.7 Å². The molecule has 2 aromatic heterocycles. The van der Waals surface area contributed by atoms with Crippen molar-refractivity contribution in [1.29, 1.82) is 0 Å². The molecule has 1 atom stereocenters. The summed E-state index contributed by atoms with van der Waals surface area (Å²) in [5.41, 5.74) is 3.63. The first kappa shape index (κ1) is 20.9. The third-order valence-corrected chi connectivity index (χ3v) is 7.52. The number of fused-ring (bicyclic) bond motifs is 1. The Bertz CT molecular complexity index is 1140. The molecule has 2 aliphatic rings. The molecule has 2 aliphatic heterocycles. The van der Waals surface area contributed by atoms with Gasteiger partial charge in [-0.2, -0.15) is 0 Å². The number of imidazole rings is 1. The van der Waals surface area contributed by atoms with E-state index in [1.807, 2.05) is 19.2 Å². The molecule has 1 spiro atoms. The maximum absolute atomic E-state index is 6.59. The van der Waals surface area contributed by atoms with Crippen LogP contribution in [0.15, 0.2) is 24.5 Å². The predicted octanol–water partition coefficient (Wildman–Crippen LogP) is 5.42. The van der Waals surface area contributed by atoms with E-state index in [1.54, 1.807) is 19.4 Å². The topological polar surface area (TPSA) is 51.9 Å². The lowest BCUT2D eigenvalue weighted by Gasteiger charge is -2.39. The maximum Gasteiger partial charge on any atom is 0.211 e. The number of methoxy groups -OCH3 is 1. The van der Waals surface area contributed by atoms with Gasteiger partial charge >= 0.3 is 0 Å². The minimum Gasteiger partial charge on any atom is -0.497 e. The number of benzene rings is 1. The number of piperidine rings is 1. The predicted molar refractivity (Wildman–Crippen MR) is 124 cm³/mol. The summed E-state index contributed by atoms with van der Waals surface area (Å²) in [7, 11) is 1.61. The van der Waals surface area contributed by atoms with Gasteiger partial charge in [-0.1, -0.05) is 23.2 Å². The van der Waals surface area contributed by atoms with Gasteiger partial charge in [0.15, 0.2) is 0 Å². The van der Waals surface area contributed by atoms with E-state index < -0.39 is 0 Å². The van der Waals surface area contributed by atoms with Crippen LogP contribution in [0, 0.1) is 12.3 Å². The first-order valence-electron chi connectivity index (χ1n) is 10.6. The Morgan fingerprint density at radius 3 is 2.68 bits per heavy atom. The van der Waals surface area contributed by atoms with E-state index in [9.17, 15) is 0 Å². The number of aryl methyl sites for hydroxylation is 1. The van der Waals surface area contributed by atoms with Crippen LogP contribution >= 0.6 is 23.2 Å². The minimum absolute atomic E-state index is 0.323. The number of anilines is 1. The van der Waals surface area contributed by atoms with Gasteiger partial charge in [-0.3, -0.25) is 4.40 Å². The molecule has 5 rings (SSSR count). The molecule has 8 heteroatoms. The molecule has 0 N–H and O–H groups in total. The van der Waals surface area contributed by atoms with Gasteiger partial charge in [-0.15, -0.1) is 0 Å². The number of hydrogen-bond donors (Lipinski definition) is 0. The highest BCUT2D eigenvalue weighted by atomic mass is 35.5. The highest BCUT2D eigenvalue weighted by Gasteiger charge is 2.41. The lowest BCUT2D eigenvalue weighted by Crippen LogP contribution is -2.41. The summed E-state index contributed by atoms with van der Waals surface area (Å²) in [5.74, 6) is 1.56. The van der Waals surface area contributed by atoms with Crippen molar-refractivity contribution in [2.45, 2.75) is 39.2 Å². The van der Waals surface area contributed by atoms with Gasteiger partial charge in [0, 0.05) is 42.7 Å². The van der Waals surface area contributed by atoms with Gasteiger partial charge in [-0.05, 0) is 44.6 Å². The van der Waals surface area contributed by atoms with E-state index >= 15 is 0 Å². The number of hydrogen-bond acceptors (Lipinski definition) is 5. The van der Waals surface area contributed by atoms with Crippen molar-refractivity contribution in [2.75, 3.05) is 31.7 Å². The smallest absolute Gasteiger partial charge is 0.211 e. The fourth-order valence-electron chi connectivity index (χ4n) is 5.05. The molecular formula is C23H26Cl2N4O2. The first-order chi connectivity index (χ1) is 14.9. The lowest BCUT2D eigenvalue weighted by molar-refractivity contribution is 0.0975. The SMILES string of the molecule is COc1cc(Cl)c(Cl)c(-c2c(C)nc(N3CCC4(CC3)CO[C@@H](C)C4)n3ccnc23)c1. The maximum atomic E-state index is 6.59. The molecule has 1 aromatic carbocycles. The third-order valence-electron chi connectivity index (χ3n) is 6.72. The fraction of sp³-hybridized carbons (Fsp3) is 0.478. The minimum atomic E-state index is 0.323. The van der Waals surface area contributed by atoms with Crippen molar-refractivity contribution in [1.82, 2.24) is 14.4 Å². The van der Waals surface area contributed by atoms with Crippen LogP contribution in [0.1, 0.15) is 31.9 Å². The molecule has 164 valence electrons. The van der Waals surface area contributed by atoms with Crippen LogP contribution < -0.4 is 9.64 Å². The fourth-order valence-corrected chi connectivity index (χ4v) is 5.46. The summed E-state index contributed by atoms with van der Waals surface area (Å²) in [6.07, 6.45) is 7.52. The number of nitrogens with zero attached hydrogens (tertiary/aromatic N) is 4. The second-order valence-corrected chi connectivity index (χ2v) is 9.56. The van der Waals surface area contributed by atoms with E-state index in [-0.39, 0.29) is 0 Å². The second-order valence-electron chi connectivity index (χ2n) is 8.78. The Kier molecular flexibility index (Phi) is 5.27.